The summed E-state index contributed by atoms with van der Waals surface area (Å²) in [6.07, 6.45) is 5.07. The predicted molar refractivity (Wildman–Crippen MR) is 170 cm³/mol. The van der Waals surface area contributed by atoms with Crippen LogP contribution in [0.1, 0.15) is 56.9 Å². The van der Waals surface area contributed by atoms with Crippen LogP contribution in [0, 0.1) is 24.2 Å². The fraction of sp³-hybridized carbons (Fsp3) is 0.618. The molecule has 0 heterocycles. The molecule has 0 aliphatic heterocycles. The van der Waals surface area contributed by atoms with Gasteiger partial charge >= 0.3 is 6.18 Å². The minimum absolute atomic E-state index is 0.0177. The van der Waals surface area contributed by atoms with E-state index in [2.05, 4.69) is 23.1 Å². The first-order chi connectivity index (χ1) is 21.7. The molecule has 2 unspecified atom stereocenters. The zero-order chi connectivity index (χ0) is 34.3. The Morgan fingerprint density at radius 2 is 1.72 bits per heavy atom. The van der Waals surface area contributed by atoms with Gasteiger partial charge in [-0.3, -0.25) is 19.3 Å². The van der Waals surface area contributed by atoms with Crippen molar-refractivity contribution < 1.29 is 37.8 Å². The number of likely N-dealkylation sites (N-methyl/N-ethyl adjacent to an activating group) is 2. The van der Waals surface area contributed by atoms with Crippen LogP contribution >= 0.6 is 0 Å². The number of amides is 3. The van der Waals surface area contributed by atoms with Crippen LogP contribution in [0.25, 0.3) is 0 Å². The van der Waals surface area contributed by atoms with Crippen molar-refractivity contribution in [1.82, 2.24) is 20.4 Å². The monoisotopic (exact) mass is 650 g/mol. The van der Waals surface area contributed by atoms with Crippen molar-refractivity contribution in [2.24, 2.45) is 11.8 Å². The number of alkyl halides is 3. The van der Waals surface area contributed by atoms with Gasteiger partial charge in [0.25, 0.3) is 0 Å². The van der Waals surface area contributed by atoms with Crippen molar-refractivity contribution in [1.29, 1.82) is 0 Å². The van der Waals surface area contributed by atoms with Gasteiger partial charge in [-0.2, -0.15) is 13.2 Å². The van der Waals surface area contributed by atoms with Gasteiger partial charge in [0.15, 0.2) is 0 Å². The maximum absolute atomic E-state index is 13.6. The molecule has 12 heteroatoms. The molecule has 0 bridgehead atoms. The Bertz CT molecular complexity index is 1150. The third-order valence-corrected chi connectivity index (χ3v) is 8.41. The largest absolute Gasteiger partial charge is 0.401 e. The molecule has 5 atom stereocenters. The topological polar surface area (TPSA) is 122 Å². The van der Waals surface area contributed by atoms with E-state index in [1.807, 2.05) is 6.07 Å². The summed E-state index contributed by atoms with van der Waals surface area (Å²) in [4.78, 5) is 42.6. The van der Waals surface area contributed by atoms with Crippen molar-refractivity contribution in [3.63, 3.8) is 0 Å². The molecule has 0 spiro atoms. The van der Waals surface area contributed by atoms with Gasteiger partial charge in [0.2, 0.25) is 17.7 Å². The molecule has 256 valence electrons. The minimum Gasteiger partial charge on any atom is -0.388 e. The third kappa shape index (κ3) is 13.9. The summed E-state index contributed by atoms with van der Waals surface area (Å²) in [6.45, 7) is 2.42. The number of halogens is 3. The van der Waals surface area contributed by atoms with E-state index in [1.54, 1.807) is 24.3 Å². The number of carbonyl (C=O) groups is 3. The first kappa shape index (κ1) is 38.8. The maximum Gasteiger partial charge on any atom is 0.401 e. The lowest BCUT2D eigenvalue weighted by molar-refractivity contribution is -0.144. The molecule has 1 aromatic rings. The second kappa shape index (κ2) is 19.3. The summed E-state index contributed by atoms with van der Waals surface area (Å²) in [5.74, 6) is 0.0741. The van der Waals surface area contributed by atoms with Crippen LogP contribution in [-0.4, -0.2) is 102 Å². The molecule has 1 fully saturated rings. The summed E-state index contributed by atoms with van der Waals surface area (Å²) in [7, 11) is 2.77. The van der Waals surface area contributed by atoms with Crippen molar-refractivity contribution >= 4 is 17.7 Å². The Hall–Kier alpha value is -3.40. The summed E-state index contributed by atoms with van der Waals surface area (Å²) in [6, 6.07) is 7.00. The number of hydrogen-bond acceptors (Lipinski definition) is 6. The van der Waals surface area contributed by atoms with Gasteiger partial charge in [-0.25, -0.2) is 0 Å². The van der Waals surface area contributed by atoms with Gasteiger partial charge in [-0.15, -0.1) is 18.9 Å². The lowest BCUT2D eigenvalue weighted by atomic mass is 9.83. The number of aliphatic hydroxyl groups is 2. The summed E-state index contributed by atoms with van der Waals surface area (Å²) < 4.78 is 38.1. The highest BCUT2D eigenvalue weighted by atomic mass is 19.4. The highest BCUT2D eigenvalue weighted by molar-refractivity contribution is 5.91. The highest BCUT2D eigenvalue weighted by Gasteiger charge is 2.34. The van der Waals surface area contributed by atoms with Gasteiger partial charge in [0, 0.05) is 33.0 Å². The highest BCUT2D eigenvalue weighted by Crippen LogP contribution is 2.28. The Morgan fingerprint density at radius 3 is 2.30 bits per heavy atom. The molecule has 2 rings (SSSR count). The molecule has 0 radical (unpaired) electrons. The maximum atomic E-state index is 13.6. The molecule has 0 saturated heterocycles. The first-order valence-corrected chi connectivity index (χ1v) is 15.8. The van der Waals surface area contributed by atoms with E-state index in [0.717, 1.165) is 42.6 Å². The van der Waals surface area contributed by atoms with Crippen LogP contribution in [-0.2, 0) is 20.8 Å². The van der Waals surface area contributed by atoms with E-state index < -0.39 is 60.7 Å². The van der Waals surface area contributed by atoms with Crippen LogP contribution < -0.4 is 10.6 Å². The van der Waals surface area contributed by atoms with E-state index in [1.165, 1.54) is 25.1 Å². The molecule has 9 nitrogen and oxygen atoms in total. The lowest BCUT2D eigenvalue weighted by Gasteiger charge is -2.32. The second-order valence-corrected chi connectivity index (χ2v) is 12.3. The average Bonchev–Trinajstić information content (AvgIpc) is 3.02. The molecule has 3 amide bonds. The molecule has 1 aliphatic carbocycles. The van der Waals surface area contributed by atoms with Gasteiger partial charge in [0.05, 0.1) is 24.6 Å². The molecule has 1 aromatic carbocycles. The fourth-order valence-electron chi connectivity index (χ4n) is 5.70. The number of aliphatic hydroxyl groups excluding tert-OH is 2. The summed E-state index contributed by atoms with van der Waals surface area (Å²) in [5.41, 5.74) is 0.773. The first-order valence-electron chi connectivity index (χ1n) is 15.8. The van der Waals surface area contributed by atoms with Crippen LogP contribution in [0.3, 0.4) is 0 Å². The van der Waals surface area contributed by atoms with Crippen LogP contribution in [0.15, 0.2) is 43.0 Å². The van der Waals surface area contributed by atoms with Gasteiger partial charge in [-0.05, 0) is 31.4 Å². The molecule has 0 aromatic heterocycles. The van der Waals surface area contributed by atoms with Gasteiger partial charge < -0.3 is 25.7 Å². The Kier molecular flexibility index (Phi) is 16.3. The van der Waals surface area contributed by atoms with Crippen molar-refractivity contribution in [3.05, 3.63) is 48.6 Å². The van der Waals surface area contributed by atoms with Crippen LogP contribution in [0.4, 0.5) is 13.2 Å². The quantitative estimate of drug-likeness (QED) is 0.143. The van der Waals surface area contributed by atoms with E-state index in [0.29, 0.717) is 6.42 Å². The molecule has 4 N–H and O–H groups in total. The second-order valence-electron chi connectivity index (χ2n) is 12.3. The van der Waals surface area contributed by atoms with E-state index >= 15 is 0 Å². The number of nitrogens with zero attached hydrogens (tertiary/aromatic N) is 2. The lowest BCUT2D eigenvalue weighted by Crippen LogP contribution is -2.55. The molecule has 1 aliphatic rings. The standard InChI is InChI=1S/C34H49F3N4O5/c1-5-13-27(33(46)39-28(31(44)29(42)6-2)21-25-16-11-8-12-17-25)38-32(45)26(20-24-14-9-7-10-15-24)22-30(43)41(4)19-18-40(3)23-34(35,36)37/h1,6-7,9-10,14-15,25-29,31,42,44H,2,8,11-13,16-23H2,3-4H3,(H,38,45)(H,39,46)/t26?,27-,28?,29-,31+/m0/s1. The SMILES string of the molecule is C#CC[C@H](NC(=O)C(CC(=O)N(C)CCN(C)CC(F)(F)F)Cc1ccccc1)C(=O)NC(CC1CCCCC1)[C@@H](O)[C@@H](O)C=C. The van der Waals surface area contributed by atoms with Crippen molar-refractivity contribution in [2.45, 2.75) is 88.3 Å². The van der Waals surface area contributed by atoms with Crippen LogP contribution in [0.2, 0.25) is 0 Å². The minimum atomic E-state index is -4.36. The van der Waals surface area contributed by atoms with E-state index in [4.69, 9.17) is 6.42 Å². The number of rotatable bonds is 18. The van der Waals surface area contributed by atoms with Gasteiger partial charge in [-0.1, -0.05) is 68.5 Å². The summed E-state index contributed by atoms with van der Waals surface area (Å²) in [5, 5.41) is 26.6. The molecule has 46 heavy (non-hydrogen) atoms. The number of carbonyl (C=O) groups excluding carboxylic acids is 3. The van der Waals surface area contributed by atoms with E-state index in [-0.39, 0.29) is 38.3 Å². The fourth-order valence-corrected chi connectivity index (χ4v) is 5.70. The normalized spacial score (nSPS) is 17.2. The third-order valence-electron chi connectivity index (χ3n) is 8.41. The smallest absolute Gasteiger partial charge is 0.388 e. The molecular weight excluding hydrogens is 601 g/mol. The van der Waals surface area contributed by atoms with Gasteiger partial charge in [0.1, 0.15) is 12.1 Å². The molecule has 1 saturated carbocycles. The number of nitrogens with one attached hydrogen (secondary N) is 2. The van der Waals surface area contributed by atoms with Crippen molar-refractivity contribution in [2.75, 3.05) is 33.7 Å². The Balaban J connectivity index is 2.17. The zero-order valence-corrected chi connectivity index (χ0v) is 26.8. The average molecular weight is 651 g/mol. The predicted octanol–water partition coefficient (Wildman–Crippen LogP) is 3.06. The molecular formula is C34H49F3N4O5. The number of hydrogen-bond donors (Lipinski definition) is 4. The van der Waals surface area contributed by atoms with Crippen LogP contribution in [0.5, 0.6) is 0 Å². The van der Waals surface area contributed by atoms with Crippen molar-refractivity contribution in [3.8, 4) is 12.3 Å². The Morgan fingerprint density at radius 1 is 1.07 bits per heavy atom. The zero-order valence-electron chi connectivity index (χ0n) is 26.8. The van der Waals surface area contributed by atoms with E-state index in [9.17, 15) is 37.8 Å². The number of benzene rings is 1. The Labute approximate surface area is 270 Å². The number of terminal acetylenes is 1. The summed E-state index contributed by atoms with van der Waals surface area (Å²) >= 11 is 0.